The summed E-state index contributed by atoms with van der Waals surface area (Å²) < 4.78 is 24.9. The zero-order chi connectivity index (χ0) is 24.8. The van der Waals surface area contributed by atoms with E-state index >= 15 is 0 Å². The molecule has 2 aliphatic heterocycles. The lowest BCUT2D eigenvalue weighted by molar-refractivity contribution is -0.120. The van der Waals surface area contributed by atoms with Crippen LogP contribution >= 0.6 is 0 Å². The zero-order valence-electron chi connectivity index (χ0n) is 20.3. The number of hydrogen-bond acceptors (Lipinski definition) is 5. The Kier molecular flexibility index (Phi) is 6.23. The molecule has 2 unspecified atom stereocenters. The van der Waals surface area contributed by atoms with Crippen LogP contribution in [0.2, 0.25) is 0 Å². The smallest absolute Gasteiger partial charge is 0.264 e. The predicted octanol–water partition coefficient (Wildman–Crippen LogP) is 3.60. The van der Waals surface area contributed by atoms with Crippen molar-refractivity contribution in [2.75, 3.05) is 18.1 Å². The summed E-state index contributed by atoms with van der Waals surface area (Å²) in [7, 11) is -3.63. The summed E-state index contributed by atoms with van der Waals surface area (Å²) in [5.41, 5.74) is 4.18. The van der Waals surface area contributed by atoms with E-state index in [2.05, 4.69) is 50.5 Å². The largest absolute Gasteiger partial charge is 0.377 e. The van der Waals surface area contributed by atoms with Gasteiger partial charge < -0.3 is 10.6 Å². The minimum atomic E-state index is -3.63. The van der Waals surface area contributed by atoms with Crippen molar-refractivity contribution in [3.63, 3.8) is 0 Å². The van der Waals surface area contributed by atoms with E-state index in [-0.39, 0.29) is 29.2 Å². The topological polar surface area (TPSA) is 104 Å². The molecule has 0 radical (unpaired) electrons. The Labute approximate surface area is 201 Å². The summed E-state index contributed by atoms with van der Waals surface area (Å²) >= 11 is 0. The molecule has 2 aliphatic rings. The molecule has 2 heterocycles. The van der Waals surface area contributed by atoms with Crippen LogP contribution < -0.4 is 15.4 Å². The second kappa shape index (κ2) is 8.73. The molecule has 0 aromatic heterocycles. The number of amides is 2. The number of carbonyl (C=O) groups excluding carboxylic acids is 2. The lowest BCUT2D eigenvalue weighted by atomic mass is 9.72. The third-order valence-electron chi connectivity index (χ3n) is 7.05. The molecule has 182 valence electrons. The third-order valence-corrected chi connectivity index (χ3v) is 7.61. The molecule has 4 rings (SSSR count). The minimum absolute atomic E-state index is 0.0117. The molecule has 7 nitrogen and oxygen atoms in total. The number of fused-ring (bicyclic) bond motifs is 1. The van der Waals surface area contributed by atoms with E-state index < -0.39 is 15.9 Å². The molecule has 3 N–H and O–H groups in total. The maximum atomic E-state index is 12.6. The van der Waals surface area contributed by atoms with E-state index in [1.807, 2.05) is 22.9 Å². The number of benzene rings is 2. The van der Waals surface area contributed by atoms with Crippen LogP contribution in [0.5, 0.6) is 0 Å². The number of anilines is 1. The molecule has 3 atom stereocenters. The normalized spacial score (nSPS) is 23.7. The Balaban J connectivity index is 1.63. The van der Waals surface area contributed by atoms with Gasteiger partial charge >= 0.3 is 0 Å². The molecule has 0 bridgehead atoms. The van der Waals surface area contributed by atoms with Gasteiger partial charge in [0.1, 0.15) is 0 Å². The fourth-order valence-electron chi connectivity index (χ4n) is 5.32. The van der Waals surface area contributed by atoms with Crippen LogP contribution in [0.3, 0.4) is 0 Å². The van der Waals surface area contributed by atoms with Crippen molar-refractivity contribution in [3.05, 3.63) is 64.7 Å². The predicted molar refractivity (Wildman–Crippen MR) is 133 cm³/mol. The second-order valence-corrected chi connectivity index (χ2v) is 12.4. The molecular formula is C26H33N3O4S. The van der Waals surface area contributed by atoms with Gasteiger partial charge in [0.25, 0.3) is 5.91 Å². The molecule has 1 saturated heterocycles. The van der Waals surface area contributed by atoms with Crippen molar-refractivity contribution in [2.24, 2.45) is 17.3 Å². The van der Waals surface area contributed by atoms with Crippen LogP contribution in [0, 0.1) is 17.3 Å². The summed E-state index contributed by atoms with van der Waals surface area (Å²) in [5.74, 6) is -0.00980. The first kappa shape index (κ1) is 24.3. The SMILES string of the molecule is CC(C)C1CNC(=O)[C@H]1c1cccc(C2Nc3ccc(C(=O)NS(C)(=O)=O)cc3CC2(C)C)c1. The first-order valence-corrected chi connectivity index (χ1v) is 13.5. The fraction of sp³-hybridized carbons (Fsp3) is 0.462. The van der Waals surface area contributed by atoms with E-state index in [0.29, 0.717) is 24.4 Å². The van der Waals surface area contributed by atoms with Gasteiger partial charge in [-0.1, -0.05) is 52.0 Å². The standard InChI is InChI=1S/C26H33N3O4S/c1-15(2)20-14-27-25(31)22(20)16-7-6-8-17(11-16)23-26(3,4)13-19-12-18(9-10-21(19)28-23)24(30)29-34(5,32)33/h6-12,15,20,22-23,28H,13-14H2,1-5H3,(H,27,31)(H,29,30)/t20?,22-,23?/m0/s1. The van der Waals surface area contributed by atoms with Crippen molar-refractivity contribution >= 4 is 27.5 Å². The van der Waals surface area contributed by atoms with Crippen molar-refractivity contribution in [2.45, 2.75) is 46.1 Å². The van der Waals surface area contributed by atoms with Gasteiger partial charge in [-0.15, -0.1) is 0 Å². The van der Waals surface area contributed by atoms with Gasteiger partial charge in [0.15, 0.2) is 0 Å². The Morgan fingerprint density at radius 1 is 1.12 bits per heavy atom. The summed E-state index contributed by atoms with van der Waals surface area (Å²) in [6.07, 6.45) is 1.67. The summed E-state index contributed by atoms with van der Waals surface area (Å²) in [6, 6.07) is 13.6. The zero-order valence-corrected chi connectivity index (χ0v) is 21.1. The first-order valence-electron chi connectivity index (χ1n) is 11.6. The monoisotopic (exact) mass is 483 g/mol. The quantitative estimate of drug-likeness (QED) is 0.603. The van der Waals surface area contributed by atoms with Crippen LogP contribution in [-0.4, -0.2) is 33.0 Å². The van der Waals surface area contributed by atoms with Crippen LogP contribution in [0.15, 0.2) is 42.5 Å². The molecule has 0 aliphatic carbocycles. The number of rotatable bonds is 5. The molecule has 34 heavy (non-hydrogen) atoms. The molecule has 0 spiro atoms. The van der Waals surface area contributed by atoms with Gasteiger partial charge in [0, 0.05) is 17.8 Å². The second-order valence-electron chi connectivity index (χ2n) is 10.6. The van der Waals surface area contributed by atoms with Gasteiger partial charge in [-0.05, 0) is 58.6 Å². The van der Waals surface area contributed by atoms with E-state index in [0.717, 1.165) is 28.6 Å². The number of carbonyl (C=O) groups is 2. The number of sulfonamides is 1. The highest BCUT2D eigenvalue weighted by atomic mass is 32.2. The van der Waals surface area contributed by atoms with Gasteiger partial charge in [0.05, 0.1) is 18.2 Å². The van der Waals surface area contributed by atoms with Crippen LogP contribution in [0.25, 0.3) is 0 Å². The Morgan fingerprint density at radius 2 is 1.82 bits per heavy atom. The van der Waals surface area contributed by atoms with E-state index in [1.54, 1.807) is 12.1 Å². The van der Waals surface area contributed by atoms with Crippen molar-refractivity contribution in [3.8, 4) is 0 Å². The molecule has 1 fully saturated rings. The number of hydrogen-bond donors (Lipinski definition) is 3. The Bertz CT molecular complexity index is 1240. The molecule has 2 amide bonds. The summed E-state index contributed by atoms with van der Waals surface area (Å²) in [6.45, 7) is 9.37. The average Bonchev–Trinajstić information content (AvgIpc) is 3.13. The van der Waals surface area contributed by atoms with Crippen molar-refractivity contribution in [1.29, 1.82) is 0 Å². The molecule has 2 aromatic carbocycles. The summed E-state index contributed by atoms with van der Waals surface area (Å²) in [4.78, 5) is 25.0. The van der Waals surface area contributed by atoms with Crippen molar-refractivity contribution in [1.82, 2.24) is 10.0 Å². The van der Waals surface area contributed by atoms with E-state index in [9.17, 15) is 18.0 Å². The lowest BCUT2D eigenvalue weighted by Gasteiger charge is -2.41. The van der Waals surface area contributed by atoms with Crippen LogP contribution in [0.1, 0.15) is 66.7 Å². The maximum absolute atomic E-state index is 12.6. The van der Waals surface area contributed by atoms with Gasteiger partial charge in [0.2, 0.25) is 15.9 Å². The lowest BCUT2D eigenvalue weighted by Crippen LogP contribution is -2.35. The maximum Gasteiger partial charge on any atom is 0.264 e. The minimum Gasteiger partial charge on any atom is -0.377 e. The van der Waals surface area contributed by atoms with Crippen LogP contribution in [-0.2, 0) is 21.2 Å². The number of nitrogens with one attached hydrogen (secondary N) is 3. The highest BCUT2D eigenvalue weighted by Gasteiger charge is 2.39. The molecule has 0 saturated carbocycles. The van der Waals surface area contributed by atoms with Gasteiger partial charge in [-0.25, -0.2) is 13.1 Å². The average molecular weight is 484 g/mol. The fourth-order valence-corrected chi connectivity index (χ4v) is 5.77. The Morgan fingerprint density at radius 3 is 2.50 bits per heavy atom. The molecule has 8 heteroatoms. The highest BCUT2D eigenvalue weighted by Crippen LogP contribution is 2.46. The first-order chi connectivity index (χ1) is 15.9. The third kappa shape index (κ3) is 4.82. The summed E-state index contributed by atoms with van der Waals surface area (Å²) in [5, 5.41) is 6.66. The highest BCUT2D eigenvalue weighted by molar-refractivity contribution is 7.89. The van der Waals surface area contributed by atoms with Gasteiger partial charge in [-0.3, -0.25) is 9.59 Å². The molecule has 2 aromatic rings. The van der Waals surface area contributed by atoms with Crippen LogP contribution in [0.4, 0.5) is 5.69 Å². The van der Waals surface area contributed by atoms with Crippen molar-refractivity contribution < 1.29 is 18.0 Å². The van der Waals surface area contributed by atoms with E-state index in [4.69, 9.17) is 0 Å². The van der Waals surface area contributed by atoms with E-state index in [1.165, 1.54) is 0 Å². The van der Waals surface area contributed by atoms with Gasteiger partial charge in [-0.2, -0.15) is 0 Å². The molecular weight excluding hydrogens is 450 g/mol. The Hall–Kier alpha value is -2.87.